The highest BCUT2D eigenvalue weighted by atomic mass is 32.2. The van der Waals surface area contributed by atoms with Crippen LogP contribution < -0.4 is 10.0 Å². The fraction of sp³-hybridized carbons (Fsp3) is 0.400. The van der Waals surface area contributed by atoms with Crippen molar-refractivity contribution in [2.75, 3.05) is 17.4 Å². The molecule has 16 heavy (non-hydrogen) atoms. The second-order valence-electron chi connectivity index (χ2n) is 3.71. The lowest BCUT2D eigenvalue weighted by Crippen LogP contribution is -2.33. The van der Waals surface area contributed by atoms with Crippen LogP contribution in [0.2, 0.25) is 0 Å². The number of hydrogen-bond acceptors (Lipinski definition) is 3. The lowest BCUT2D eigenvalue weighted by atomic mass is 10.2. The van der Waals surface area contributed by atoms with Crippen LogP contribution in [0.3, 0.4) is 0 Å². The van der Waals surface area contributed by atoms with Gasteiger partial charge in [0.2, 0.25) is 10.0 Å². The summed E-state index contributed by atoms with van der Waals surface area (Å²) in [5.74, 6) is -0.524. The third-order valence-electron chi connectivity index (χ3n) is 2.77. The molecule has 4 nitrogen and oxygen atoms in total. The average molecular weight is 244 g/mol. The maximum absolute atomic E-state index is 13.5. The first-order valence-corrected chi connectivity index (χ1v) is 6.54. The van der Waals surface area contributed by atoms with Gasteiger partial charge in [0.1, 0.15) is 5.82 Å². The number of rotatable bonds is 2. The zero-order valence-electron chi connectivity index (χ0n) is 8.64. The summed E-state index contributed by atoms with van der Waals surface area (Å²) in [7, 11) is -3.49. The summed E-state index contributed by atoms with van der Waals surface area (Å²) in [6.45, 7) is 0.373. The fourth-order valence-electron chi connectivity index (χ4n) is 1.87. The van der Waals surface area contributed by atoms with Gasteiger partial charge in [-0.3, -0.25) is 4.31 Å². The highest BCUT2D eigenvalue weighted by Gasteiger charge is 2.38. The quantitative estimate of drug-likeness (QED) is 0.832. The molecule has 0 bridgehead atoms. The predicted molar refractivity (Wildman–Crippen MR) is 60.1 cm³/mol. The largest absolute Gasteiger partial charge is 0.329 e. The van der Waals surface area contributed by atoms with Gasteiger partial charge in [0.15, 0.2) is 0 Å². The molecule has 1 aromatic carbocycles. The van der Waals surface area contributed by atoms with E-state index in [-0.39, 0.29) is 12.2 Å². The molecule has 0 spiro atoms. The van der Waals surface area contributed by atoms with Crippen LogP contribution >= 0.6 is 0 Å². The number of anilines is 1. The molecular formula is C10H13FN2O2S. The van der Waals surface area contributed by atoms with Crippen LogP contribution in [0.4, 0.5) is 10.1 Å². The smallest absolute Gasteiger partial charge is 0.239 e. The standard InChI is InChI=1S/C10H13FN2O2S/c11-9-3-1-2-4-10(9)13-6-5-8(7-12)16(13,14)15/h1-4,8H,5-7,12H2/t8-/m1/s1. The van der Waals surface area contributed by atoms with E-state index in [2.05, 4.69) is 0 Å². The van der Waals surface area contributed by atoms with E-state index in [0.29, 0.717) is 13.0 Å². The van der Waals surface area contributed by atoms with Gasteiger partial charge in [-0.15, -0.1) is 0 Å². The van der Waals surface area contributed by atoms with Gasteiger partial charge in [0.05, 0.1) is 10.9 Å². The van der Waals surface area contributed by atoms with Crippen molar-refractivity contribution in [1.82, 2.24) is 0 Å². The van der Waals surface area contributed by atoms with Crippen molar-refractivity contribution in [1.29, 1.82) is 0 Å². The first-order valence-electron chi connectivity index (χ1n) is 5.03. The minimum atomic E-state index is -3.49. The number of nitrogens with zero attached hydrogens (tertiary/aromatic N) is 1. The van der Waals surface area contributed by atoms with Crippen molar-refractivity contribution < 1.29 is 12.8 Å². The lowest BCUT2D eigenvalue weighted by Gasteiger charge is -2.18. The molecule has 1 saturated heterocycles. The van der Waals surface area contributed by atoms with E-state index in [1.165, 1.54) is 18.2 Å². The maximum Gasteiger partial charge on any atom is 0.239 e. The Labute approximate surface area is 93.9 Å². The Morgan fingerprint density at radius 3 is 2.69 bits per heavy atom. The molecule has 1 aromatic rings. The molecule has 1 aliphatic rings. The topological polar surface area (TPSA) is 63.4 Å². The van der Waals surface area contributed by atoms with Crippen LogP contribution in [0.1, 0.15) is 6.42 Å². The minimum Gasteiger partial charge on any atom is -0.329 e. The number of sulfonamides is 1. The van der Waals surface area contributed by atoms with Crippen LogP contribution in [-0.2, 0) is 10.0 Å². The van der Waals surface area contributed by atoms with Gasteiger partial charge in [-0.25, -0.2) is 12.8 Å². The van der Waals surface area contributed by atoms with Gasteiger partial charge in [-0.1, -0.05) is 12.1 Å². The number of para-hydroxylation sites is 1. The second-order valence-corrected chi connectivity index (χ2v) is 5.85. The van der Waals surface area contributed by atoms with Crippen LogP contribution in [0, 0.1) is 5.82 Å². The van der Waals surface area contributed by atoms with Crippen molar-refractivity contribution in [2.24, 2.45) is 5.73 Å². The SMILES string of the molecule is NC[C@H]1CCN(c2ccccc2F)S1(=O)=O. The number of halogens is 1. The molecule has 0 aromatic heterocycles. The van der Waals surface area contributed by atoms with E-state index in [1.54, 1.807) is 6.07 Å². The van der Waals surface area contributed by atoms with Crippen molar-refractivity contribution in [3.8, 4) is 0 Å². The Bertz CT molecular complexity index is 489. The van der Waals surface area contributed by atoms with Crippen LogP contribution in [-0.4, -0.2) is 26.8 Å². The Hall–Kier alpha value is -1.14. The summed E-state index contributed by atoms with van der Waals surface area (Å²) in [5, 5.41) is -0.591. The van der Waals surface area contributed by atoms with Crippen molar-refractivity contribution in [3.63, 3.8) is 0 Å². The highest BCUT2D eigenvalue weighted by molar-refractivity contribution is 7.93. The first-order chi connectivity index (χ1) is 7.57. The molecular weight excluding hydrogens is 231 g/mol. The fourth-order valence-corrected chi connectivity index (χ4v) is 3.66. The first kappa shape index (κ1) is 11.3. The molecule has 1 atom stereocenters. The van der Waals surface area contributed by atoms with Gasteiger partial charge < -0.3 is 5.73 Å². The van der Waals surface area contributed by atoms with Gasteiger partial charge in [-0.2, -0.15) is 0 Å². The minimum absolute atomic E-state index is 0.0767. The maximum atomic E-state index is 13.5. The summed E-state index contributed by atoms with van der Waals surface area (Å²) in [6.07, 6.45) is 0.452. The zero-order chi connectivity index (χ0) is 11.8. The summed E-state index contributed by atoms with van der Waals surface area (Å²) in [6, 6.07) is 5.86. The number of hydrogen-bond donors (Lipinski definition) is 1. The van der Waals surface area contributed by atoms with E-state index >= 15 is 0 Å². The Morgan fingerprint density at radius 1 is 1.44 bits per heavy atom. The molecule has 0 saturated carbocycles. The molecule has 2 N–H and O–H groups in total. The van der Waals surface area contributed by atoms with Crippen LogP contribution in [0.5, 0.6) is 0 Å². The van der Waals surface area contributed by atoms with Gasteiger partial charge in [0.25, 0.3) is 0 Å². The molecule has 0 unspecified atom stereocenters. The Kier molecular flexibility index (Phi) is 2.86. The Balaban J connectivity index is 2.42. The van der Waals surface area contributed by atoms with Crippen LogP contribution in [0.25, 0.3) is 0 Å². The van der Waals surface area contributed by atoms with Crippen molar-refractivity contribution in [3.05, 3.63) is 30.1 Å². The molecule has 0 radical (unpaired) electrons. The van der Waals surface area contributed by atoms with E-state index < -0.39 is 21.1 Å². The van der Waals surface area contributed by atoms with Gasteiger partial charge in [0, 0.05) is 13.1 Å². The highest BCUT2D eigenvalue weighted by Crippen LogP contribution is 2.29. The third kappa shape index (κ3) is 1.68. The van der Waals surface area contributed by atoms with E-state index in [4.69, 9.17) is 5.73 Å². The summed E-state index contributed by atoms with van der Waals surface area (Å²) in [4.78, 5) is 0. The molecule has 1 fully saturated rings. The van der Waals surface area contributed by atoms with Crippen molar-refractivity contribution >= 4 is 15.7 Å². The average Bonchev–Trinajstić information content (AvgIpc) is 2.54. The lowest BCUT2D eigenvalue weighted by molar-refractivity contribution is 0.585. The van der Waals surface area contributed by atoms with E-state index in [1.807, 2.05) is 0 Å². The number of nitrogens with two attached hydrogens (primary N) is 1. The number of benzene rings is 1. The third-order valence-corrected chi connectivity index (χ3v) is 5.03. The van der Waals surface area contributed by atoms with Gasteiger partial charge in [-0.05, 0) is 18.6 Å². The summed E-state index contributed by atoms with van der Waals surface area (Å²) in [5.41, 5.74) is 5.50. The molecule has 1 aliphatic heterocycles. The molecule has 1 heterocycles. The molecule has 88 valence electrons. The second kappa shape index (κ2) is 4.03. The molecule has 0 aliphatic carbocycles. The molecule has 0 amide bonds. The molecule has 2 rings (SSSR count). The van der Waals surface area contributed by atoms with Crippen molar-refractivity contribution in [2.45, 2.75) is 11.7 Å². The molecule has 6 heteroatoms. The summed E-state index contributed by atoms with van der Waals surface area (Å²) < 4.78 is 38.5. The predicted octanol–water partition coefficient (Wildman–Crippen LogP) is 0.693. The normalized spacial score (nSPS) is 23.6. The summed E-state index contributed by atoms with van der Waals surface area (Å²) >= 11 is 0. The van der Waals surface area contributed by atoms with E-state index in [9.17, 15) is 12.8 Å². The van der Waals surface area contributed by atoms with Crippen LogP contribution in [0.15, 0.2) is 24.3 Å². The van der Waals surface area contributed by atoms with Gasteiger partial charge >= 0.3 is 0 Å². The van der Waals surface area contributed by atoms with E-state index in [0.717, 1.165) is 4.31 Å². The zero-order valence-corrected chi connectivity index (χ0v) is 9.45. The monoisotopic (exact) mass is 244 g/mol. The Morgan fingerprint density at radius 2 is 2.12 bits per heavy atom.